The van der Waals surface area contributed by atoms with Crippen LogP contribution < -0.4 is 4.74 Å². The van der Waals surface area contributed by atoms with Crippen LogP contribution in [-0.2, 0) is 14.6 Å². The Hall–Kier alpha value is -1.38. The van der Waals surface area contributed by atoms with Gasteiger partial charge >= 0.3 is 0 Å². The Morgan fingerprint density at radius 2 is 2.08 bits per heavy atom. The van der Waals surface area contributed by atoms with E-state index in [1.165, 1.54) is 16.7 Å². The summed E-state index contributed by atoms with van der Waals surface area (Å²) in [6.07, 6.45) is 4.34. The summed E-state index contributed by atoms with van der Waals surface area (Å²) < 4.78 is 29.5. The van der Waals surface area contributed by atoms with Gasteiger partial charge in [0, 0.05) is 0 Å². The molecule has 0 N–H and O–H groups in total. The molecule has 2 aliphatic heterocycles. The SMILES string of the molecule is CCCCOc1ccc(/C=C2\SC(=S)N(C3CCS(=O)(=O)C3)C2=O)cc1. The van der Waals surface area contributed by atoms with Gasteiger partial charge in [-0.25, -0.2) is 8.42 Å². The maximum Gasteiger partial charge on any atom is 0.266 e. The molecule has 0 radical (unpaired) electrons. The second-order valence-corrected chi connectivity index (χ2v) is 10.3. The van der Waals surface area contributed by atoms with Crippen LogP contribution in [0.1, 0.15) is 31.7 Å². The molecule has 1 amide bonds. The summed E-state index contributed by atoms with van der Waals surface area (Å²) in [5, 5.41) is 0. The first-order valence-corrected chi connectivity index (χ1v) is 11.6. The van der Waals surface area contributed by atoms with Crippen molar-refractivity contribution in [3.05, 3.63) is 34.7 Å². The lowest BCUT2D eigenvalue weighted by Gasteiger charge is -2.20. The number of nitrogens with zero attached hydrogens (tertiary/aromatic N) is 1. The molecule has 2 aliphatic rings. The molecule has 2 heterocycles. The van der Waals surface area contributed by atoms with E-state index in [0.29, 0.717) is 22.3 Å². The van der Waals surface area contributed by atoms with Gasteiger partial charge < -0.3 is 4.74 Å². The van der Waals surface area contributed by atoms with Crippen molar-refractivity contribution >= 4 is 50.1 Å². The summed E-state index contributed by atoms with van der Waals surface area (Å²) in [5.74, 6) is 0.716. The van der Waals surface area contributed by atoms with Crippen LogP contribution >= 0.6 is 24.0 Å². The first-order valence-electron chi connectivity index (χ1n) is 8.60. The van der Waals surface area contributed by atoms with Crippen LogP contribution in [0.3, 0.4) is 0 Å². The van der Waals surface area contributed by atoms with E-state index in [0.717, 1.165) is 24.2 Å². The molecule has 0 aromatic heterocycles. The molecule has 0 spiro atoms. The quantitative estimate of drug-likeness (QED) is 0.407. The predicted molar refractivity (Wildman–Crippen MR) is 109 cm³/mol. The van der Waals surface area contributed by atoms with Crippen LogP contribution in [0.15, 0.2) is 29.2 Å². The number of hydrogen-bond donors (Lipinski definition) is 0. The van der Waals surface area contributed by atoms with Gasteiger partial charge in [-0.2, -0.15) is 0 Å². The van der Waals surface area contributed by atoms with Crippen LogP contribution in [0.5, 0.6) is 5.75 Å². The summed E-state index contributed by atoms with van der Waals surface area (Å²) in [7, 11) is -3.07. The van der Waals surface area contributed by atoms with Gasteiger partial charge in [0.2, 0.25) is 0 Å². The third-order valence-corrected chi connectivity index (χ3v) is 7.42. The zero-order chi connectivity index (χ0) is 18.7. The molecule has 1 unspecified atom stereocenters. The fourth-order valence-corrected chi connectivity index (χ4v) is 6.02. The zero-order valence-corrected chi connectivity index (χ0v) is 17.0. The van der Waals surface area contributed by atoms with Crippen molar-refractivity contribution in [2.75, 3.05) is 18.1 Å². The average Bonchev–Trinajstić information content (AvgIpc) is 3.08. The fourth-order valence-electron chi connectivity index (χ4n) is 2.92. The van der Waals surface area contributed by atoms with Gasteiger partial charge in [0.1, 0.15) is 10.1 Å². The number of amides is 1. The average molecular weight is 412 g/mol. The van der Waals surface area contributed by atoms with Crippen molar-refractivity contribution in [3.63, 3.8) is 0 Å². The number of carbonyl (C=O) groups excluding carboxylic acids is 1. The highest BCUT2D eigenvalue weighted by Crippen LogP contribution is 2.36. The van der Waals surface area contributed by atoms with E-state index in [-0.39, 0.29) is 23.5 Å². The Kier molecular flexibility index (Phi) is 6.04. The minimum Gasteiger partial charge on any atom is -0.494 e. The van der Waals surface area contributed by atoms with E-state index in [1.807, 2.05) is 24.3 Å². The number of thiocarbonyl (C=S) groups is 1. The first-order chi connectivity index (χ1) is 12.4. The highest BCUT2D eigenvalue weighted by molar-refractivity contribution is 8.26. The van der Waals surface area contributed by atoms with Gasteiger partial charge in [-0.05, 0) is 36.6 Å². The maximum atomic E-state index is 12.7. The van der Waals surface area contributed by atoms with E-state index in [2.05, 4.69) is 6.92 Å². The van der Waals surface area contributed by atoms with Crippen molar-refractivity contribution in [2.24, 2.45) is 0 Å². The highest BCUT2D eigenvalue weighted by Gasteiger charge is 2.42. The minimum atomic E-state index is -3.07. The van der Waals surface area contributed by atoms with Crippen LogP contribution in [0.2, 0.25) is 0 Å². The Bertz CT molecular complexity index is 830. The van der Waals surface area contributed by atoms with Crippen LogP contribution in [-0.4, -0.2) is 47.7 Å². The van der Waals surface area contributed by atoms with Gasteiger partial charge in [0.15, 0.2) is 9.84 Å². The largest absolute Gasteiger partial charge is 0.494 e. The molecule has 140 valence electrons. The fraction of sp³-hybridized carbons (Fsp3) is 0.444. The minimum absolute atomic E-state index is 0.00346. The van der Waals surface area contributed by atoms with E-state index >= 15 is 0 Å². The lowest BCUT2D eigenvalue weighted by Crippen LogP contribution is -2.39. The number of thioether (sulfide) groups is 1. The molecule has 1 aromatic carbocycles. The zero-order valence-electron chi connectivity index (χ0n) is 14.5. The Balaban J connectivity index is 1.70. The van der Waals surface area contributed by atoms with Gasteiger partial charge in [0.05, 0.1) is 29.1 Å². The lowest BCUT2D eigenvalue weighted by atomic mass is 10.2. The third kappa shape index (κ3) is 4.47. The Morgan fingerprint density at radius 3 is 2.69 bits per heavy atom. The van der Waals surface area contributed by atoms with Crippen molar-refractivity contribution < 1.29 is 17.9 Å². The predicted octanol–water partition coefficient (Wildman–Crippen LogP) is 3.25. The number of carbonyl (C=O) groups is 1. The van der Waals surface area contributed by atoms with Gasteiger partial charge in [-0.15, -0.1) is 0 Å². The second kappa shape index (κ2) is 8.10. The van der Waals surface area contributed by atoms with Crippen molar-refractivity contribution in [2.45, 2.75) is 32.2 Å². The second-order valence-electron chi connectivity index (χ2n) is 6.38. The molecule has 2 fully saturated rings. The standard InChI is InChI=1S/C18H21NO4S3/c1-2-3-9-23-15-6-4-13(5-7-15)11-16-17(20)19(18(24)25-16)14-8-10-26(21,22)12-14/h4-7,11,14H,2-3,8-10,12H2,1H3/b16-11-. The van der Waals surface area contributed by atoms with Crippen molar-refractivity contribution in [1.82, 2.24) is 4.90 Å². The maximum absolute atomic E-state index is 12.7. The van der Waals surface area contributed by atoms with Crippen molar-refractivity contribution in [3.8, 4) is 5.75 Å². The summed E-state index contributed by atoms with van der Waals surface area (Å²) in [6.45, 7) is 2.81. The van der Waals surface area contributed by atoms with Gasteiger partial charge in [-0.1, -0.05) is 49.5 Å². The van der Waals surface area contributed by atoms with E-state index < -0.39 is 9.84 Å². The molecule has 1 atom stereocenters. The molecule has 5 nitrogen and oxygen atoms in total. The molecule has 0 aliphatic carbocycles. The third-order valence-electron chi connectivity index (χ3n) is 4.34. The number of rotatable bonds is 6. The van der Waals surface area contributed by atoms with Crippen LogP contribution in [0, 0.1) is 0 Å². The van der Waals surface area contributed by atoms with Crippen LogP contribution in [0.4, 0.5) is 0 Å². The molecule has 0 saturated carbocycles. The van der Waals surface area contributed by atoms with Gasteiger partial charge in [-0.3, -0.25) is 9.69 Å². The highest BCUT2D eigenvalue weighted by atomic mass is 32.2. The molecule has 1 aromatic rings. The molecule has 2 saturated heterocycles. The Labute approximate surface area is 163 Å². The topological polar surface area (TPSA) is 63.7 Å². The number of benzene rings is 1. The van der Waals surface area contributed by atoms with E-state index in [4.69, 9.17) is 17.0 Å². The normalized spacial score (nSPS) is 23.8. The smallest absolute Gasteiger partial charge is 0.266 e. The lowest BCUT2D eigenvalue weighted by molar-refractivity contribution is -0.123. The summed E-state index contributed by atoms with van der Waals surface area (Å²) >= 11 is 6.54. The number of unbranched alkanes of at least 4 members (excludes halogenated alkanes) is 1. The Morgan fingerprint density at radius 1 is 1.35 bits per heavy atom. The molecule has 26 heavy (non-hydrogen) atoms. The summed E-state index contributed by atoms with van der Waals surface area (Å²) in [6, 6.07) is 7.21. The number of hydrogen-bond acceptors (Lipinski definition) is 6. The van der Waals surface area contributed by atoms with Gasteiger partial charge in [0.25, 0.3) is 5.91 Å². The molecule has 8 heteroatoms. The van der Waals surface area contributed by atoms with E-state index in [1.54, 1.807) is 6.08 Å². The molecule has 0 bridgehead atoms. The molecular formula is C18H21NO4S3. The number of ether oxygens (including phenoxy) is 1. The van der Waals surface area contributed by atoms with Crippen LogP contribution in [0.25, 0.3) is 6.08 Å². The summed E-state index contributed by atoms with van der Waals surface area (Å²) in [4.78, 5) is 14.7. The molecule has 3 rings (SSSR count). The monoisotopic (exact) mass is 411 g/mol. The summed E-state index contributed by atoms with van der Waals surface area (Å²) in [5.41, 5.74) is 0.882. The van der Waals surface area contributed by atoms with E-state index in [9.17, 15) is 13.2 Å². The molecular weight excluding hydrogens is 390 g/mol. The first kappa shape index (κ1) is 19.4. The number of sulfone groups is 1. The van der Waals surface area contributed by atoms with Crippen molar-refractivity contribution in [1.29, 1.82) is 0 Å².